The normalized spacial score (nSPS) is 25.9. The standard InChI is InChI=1S/C14H22N4O7/c15-2-3-16-9(20)1-4-18-5-7(13(23)17-14(18)24)12-11(22)10(21)8(6-19)25-12/h5,8,10-12,19,21-22H,1-4,6,15H2,(H,16,20)(H,17,23,24)/t8-,10?,11?,12+/m1/s1. The first-order chi connectivity index (χ1) is 11.9. The Bertz CT molecular complexity index is 716. The first kappa shape index (κ1) is 19.3. The van der Waals surface area contributed by atoms with Gasteiger partial charge in [-0.2, -0.15) is 0 Å². The molecule has 140 valence electrons. The van der Waals surface area contributed by atoms with E-state index in [2.05, 4.69) is 10.3 Å². The molecule has 0 aliphatic carbocycles. The first-order valence-electron chi connectivity index (χ1n) is 7.82. The summed E-state index contributed by atoms with van der Waals surface area (Å²) in [6.07, 6.45) is -3.87. The number of nitrogens with one attached hydrogen (secondary N) is 2. The molecule has 1 amide bonds. The van der Waals surface area contributed by atoms with Crippen molar-refractivity contribution in [2.75, 3.05) is 19.7 Å². The second kappa shape index (κ2) is 8.36. The summed E-state index contributed by atoms with van der Waals surface area (Å²) in [6.45, 7) is 0.0638. The predicted molar refractivity (Wildman–Crippen MR) is 84.7 cm³/mol. The van der Waals surface area contributed by atoms with Crippen LogP contribution in [0.5, 0.6) is 0 Å². The van der Waals surface area contributed by atoms with Crippen molar-refractivity contribution in [2.45, 2.75) is 37.4 Å². The molecular formula is C14H22N4O7. The van der Waals surface area contributed by atoms with E-state index in [0.717, 1.165) is 4.57 Å². The first-order valence-corrected chi connectivity index (χ1v) is 7.82. The Morgan fingerprint density at radius 3 is 2.68 bits per heavy atom. The van der Waals surface area contributed by atoms with E-state index in [0.29, 0.717) is 13.1 Å². The average Bonchev–Trinajstić information content (AvgIpc) is 2.87. The SMILES string of the molecule is NCCNC(=O)CCn1cc([C@@H]2O[C@H](CO)C(O)C2O)c(=O)[nH]c1=O. The van der Waals surface area contributed by atoms with Crippen molar-refractivity contribution in [3.63, 3.8) is 0 Å². The monoisotopic (exact) mass is 358 g/mol. The lowest BCUT2D eigenvalue weighted by atomic mass is 10.0. The quantitative estimate of drug-likeness (QED) is 0.286. The highest BCUT2D eigenvalue weighted by Crippen LogP contribution is 2.31. The Morgan fingerprint density at radius 1 is 1.36 bits per heavy atom. The van der Waals surface area contributed by atoms with Crippen LogP contribution in [0.15, 0.2) is 15.8 Å². The summed E-state index contributed by atoms with van der Waals surface area (Å²) >= 11 is 0. The lowest BCUT2D eigenvalue weighted by Crippen LogP contribution is -2.37. The molecule has 0 bridgehead atoms. The zero-order valence-electron chi connectivity index (χ0n) is 13.4. The third-order valence-corrected chi connectivity index (χ3v) is 3.93. The van der Waals surface area contributed by atoms with Gasteiger partial charge in [-0.25, -0.2) is 4.79 Å². The number of nitrogens with two attached hydrogens (primary N) is 1. The number of carbonyl (C=O) groups excluding carboxylic acids is 1. The van der Waals surface area contributed by atoms with Crippen LogP contribution >= 0.6 is 0 Å². The van der Waals surface area contributed by atoms with Crippen LogP contribution in [0.4, 0.5) is 0 Å². The fraction of sp³-hybridized carbons (Fsp3) is 0.643. The topological polar surface area (TPSA) is 180 Å². The number of rotatable bonds is 7. The number of aryl methyl sites for hydroxylation is 1. The molecule has 2 heterocycles. The molecule has 4 atom stereocenters. The molecule has 1 fully saturated rings. The summed E-state index contributed by atoms with van der Waals surface area (Å²) in [5.41, 5.74) is 3.71. The number of hydrogen-bond acceptors (Lipinski definition) is 8. The number of aliphatic hydroxyl groups excluding tert-OH is 3. The van der Waals surface area contributed by atoms with Crippen molar-refractivity contribution in [1.29, 1.82) is 0 Å². The van der Waals surface area contributed by atoms with Gasteiger partial charge in [0.05, 0.1) is 12.2 Å². The van der Waals surface area contributed by atoms with Gasteiger partial charge in [-0.05, 0) is 0 Å². The third-order valence-electron chi connectivity index (χ3n) is 3.93. The van der Waals surface area contributed by atoms with E-state index >= 15 is 0 Å². The smallest absolute Gasteiger partial charge is 0.328 e. The zero-order valence-corrected chi connectivity index (χ0v) is 13.4. The van der Waals surface area contributed by atoms with Gasteiger partial charge in [-0.3, -0.25) is 19.1 Å². The van der Waals surface area contributed by atoms with E-state index in [-0.39, 0.29) is 24.4 Å². The highest BCUT2D eigenvalue weighted by atomic mass is 16.6. The van der Waals surface area contributed by atoms with Crippen molar-refractivity contribution >= 4 is 5.91 Å². The lowest BCUT2D eigenvalue weighted by Gasteiger charge is -2.15. The molecule has 0 radical (unpaired) electrons. The van der Waals surface area contributed by atoms with Crippen LogP contribution in [-0.2, 0) is 16.1 Å². The lowest BCUT2D eigenvalue weighted by molar-refractivity contribution is -0.121. The van der Waals surface area contributed by atoms with Gasteiger partial charge in [0.25, 0.3) is 5.56 Å². The van der Waals surface area contributed by atoms with Crippen molar-refractivity contribution < 1.29 is 24.9 Å². The van der Waals surface area contributed by atoms with Gasteiger partial charge in [0.1, 0.15) is 24.4 Å². The molecule has 1 saturated heterocycles. The van der Waals surface area contributed by atoms with E-state index in [9.17, 15) is 24.6 Å². The largest absolute Gasteiger partial charge is 0.394 e. The molecule has 1 aromatic heterocycles. The number of ether oxygens (including phenoxy) is 1. The Kier molecular flexibility index (Phi) is 6.45. The maximum Gasteiger partial charge on any atom is 0.328 e. The molecule has 25 heavy (non-hydrogen) atoms. The van der Waals surface area contributed by atoms with Gasteiger partial charge >= 0.3 is 5.69 Å². The van der Waals surface area contributed by atoms with E-state index in [1.165, 1.54) is 6.20 Å². The van der Waals surface area contributed by atoms with Gasteiger partial charge in [0.15, 0.2) is 0 Å². The van der Waals surface area contributed by atoms with Crippen LogP contribution < -0.4 is 22.3 Å². The number of amides is 1. The van der Waals surface area contributed by atoms with Gasteiger partial charge in [0, 0.05) is 32.3 Å². The second-order valence-electron chi connectivity index (χ2n) is 5.68. The number of carbonyl (C=O) groups is 1. The highest BCUT2D eigenvalue weighted by molar-refractivity contribution is 5.75. The predicted octanol–water partition coefficient (Wildman–Crippen LogP) is -3.84. The Morgan fingerprint density at radius 2 is 2.08 bits per heavy atom. The summed E-state index contributed by atoms with van der Waals surface area (Å²) in [7, 11) is 0. The number of aliphatic hydroxyl groups is 3. The van der Waals surface area contributed by atoms with Crippen molar-refractivity contribution in [2.24, 2.45) is 5.73 Å². The number of aromatic nitrogens is 2. The van der Waals surface area contributed by atoms with Gasteiger partial charge in [0.2, 0.25) is 5.91 Å². The van der Waals surface area contributed by atoms with Crippen LogP contribution in [-0.4, -0.2) is 68.8 Å². The minimum atomic E-state index is -1.43. The molecule has 7 N–H and O–H groups in total. The van der Waals surface area contributed by atoms with E-state index < -0.39 is 42.3 Å². The number of H-pyrrole nitrogens is 1. The molecule has 2 unspecified atom stereocenters. The van der Waals surface area contributed by atoms with Crippen LogP contribution in [0.1, 0.15) is 18.1 Å². The van der Waals surface area contributed by atoms with Crippen molar-refractivity contribution in [1.82, 2.24) is 14.9 Å². The minimum absolute atomic E-state index is 0.00614. The fourth-order valence-corrected chi connectivity index (χ4v) is 2.57. The molecule has 1 aliphatic rings. The van der Waals surface area contributed by atoms with E-state index in [1.54, 1.807) is 0 Å². The zero-order chi connectivity index (χ0) is 18.6. The molecule has 11 nitrogen and oxygen atoms in total. The Hall–Kier alpha value is -2.05. The molecule has 1 aliphatic heterocycles. The minimum Gasteiger partial charge on any atom is -0.394 e. The van der Waals surface area contributed by atoms with Crippen LogP contribution in [0.2, 0.25) is 0 Å². The number of hydrogen-bond donors (Lipinski definition) is 6. The Balaban J connectivity index is 2.19. The molecule has 11 heteroatoms. The molecule has 2 rings (SSSR count). The Labute approximate surface area is 142 Å². The van der Waals surface area contributed by atoms with Crippen molar-refractivity contribution in [3.8, 4) is 0 Å². The maximum atomic E-state index is 12.0. The van der Waals surface area contributed by atoms with Gasteiger partial charge in [-0.15, -0.1) is 0 Å². The van der Waals surface area contributed by atoms with Crippen LogP contribution in [0, 0.1) is 0 Å². The molecule has 0 spiro atoms. The van der Waals surface area contributed by atoms with E-state index in [4.69, 9.17) is 15.6 Å². The molecule has 1 aromatic rings. The summed E-state index contributed by atoms with van der Waals surface area (Å²) in [5, 5.41) is 31.5. The molecular weight excluding hydrogens is 336 g/mol. The molecule has 0 saturated carbocycles. The maximum absolute atomic E-state index is 12.0. The summed E-state index contributed by atoms with van der Waals surface area (Å²) in [5.74, 6) is -0.307. The average molecular weight is 358 g/mol. The summed E-state index contributed by atoms with van der Waals surface area (Å²) in [4.78, 5) is 37.5. The highest BCUT2D eigenvalue weighted by Gasteiger charge is 2.44. The summed E-state index contributed by atoms with van der Waals surface area (Å²) < 4.78 is 6.40. The van der Waals surface area contributed by atoms with Gasteiger partial charge < -0.3 is 31.1 Å². The van der Waals surface area contributed by atoms with Crippen LogP contribution in [0.3, 0.4) is 0 Å². The summed E-state index contributed by atoms with van der Waals surface area (Å²) in [6, 6.07) is 0. The second-order valence-corrected chi connectivity index (χ2v) is 5.68. The number of nitrogens with zero attached hydrogens (tertiary/aromatic N) is 1. The van der Waals surface area contributed by atoms with E-state index in [1.807, 2.05) is 0 Å². The van der Waals surface area contributed by atoms with Crippen LogP contribution in [0.25, 0.3) is 0 Å². The third kappa shape index (κ3) is 4.32. The fourth-order valence-electron chi connectivity index (χ4n) is 2.57. The number of aromatic amines is 1. The van der Waals surface area contributed by atoms with Crippen molar-refractivity contribution in [3.05, 3.63) is 32.6 Å². The molecule has 0 aromatic carbocycles. The van der Waals surface area contributed by atoms with Gasteiger partial charge in [-0.1, -0.05) is 0 Å².